The third-order valence-electron chi connectivity index (χ3n) is 3.31. The Kier molecular flexibility index (Phi) is 6.05. The summed E-state index contributed by atoms with van der Waals surface area (Å²) in [7, 11) is 0. The van der Waals surface area contributed by atoms with Gasteiger partial charge in [-0.2, -0.15) is 0 Å². The van der Waals surface area contributed by atoms with Crippen LogP contribution in [0.5, 0.6) is 5.75 Å². The molecule has 0 bridgehead atoms. The number of carbonyl (C=O) groups is 2. The van der Waals surface area contributed by atoms with Crippen LogP contribution in [-0.4, -0.2) is 28.5 Å². The molecule has 2 N–H and O–H groups in total. The predicted octanol–water partition coefficient (Wildman–Crippen LogP) is 2.31. The van der Waals surface area contributed by atoms with Crippen LogP contribution in [0.1, 0.15) is 18.0 Å². The number of carboxylic acid groups (broad SMARTS) is 1. The summed E-state index contributed by atoms with van der Waals surface area (Å²) in [4.78, 5) is 33.4. The van der Waals surface area contributed by atoms with E-state index in [1.165, 1.54) is 24.3 Å². The van der Waals surface area contributed by atoms with Crippen molar-refractivity contribution >= 4 is 17.6 Å². The first-order chi connectivity index (χ1) is 12.0. The molecule has 0 fully saturated rings. The van der Waals surface area contributed by atoms with E-state index in [2.05, 4.69) is 5.32 Å². The van der Waals surface area contributed by atoms with Crippen LogP contribution in [0.25, 0.3) is 0 Å². The Balaban J connectivity index is 2.06. The van der Waals surface area contributed by atoms with Crippen molar-refractivity contribution in [2.45, 2.75) is 12.5 Å². The average molecular weight is 344 g/mol. The number of nitrogens with zero attached hydrogens (tertiary/aromatic N) is 1. The van der Waals surface area contributed by atoms with Gasteiger partial charge in [-0.3, -0.25) is 19.7 Å². The van der Waals surface area contributed by atoms with Gasteiger partial charge in [-0.15, -0.1) is 0 Å². The van der Waals surface area contributed by atoms with Crippen LogP contribution in [0, 0.1) is 10.1 Å². The van der Waals surface area contributed by atoms with Crippen molar-refractivity contribution in [3.63, 3.8) is 0 Å². The number of hydrogen-bond donors (Lipinski definition) is 2. The topological polar surface area (TPSA) is 119 Å². The normalized spacial score (nSPS) is 11.4. The molecule has 0 aliphatic heterocycles. The lowest BCUT2D eigenvalue weighted by Gasteiger charge is -2.17. The molecular weight excluding hydrogens is 328 g/mol. The number of aliphatic carboxylic acids is 1. The monoisotopic (exact) mass is 344 g/mol. The van der Waals surface area contributed by atoms with E-state index in [9.17, 15) is 19.7 Å². The number of nitro groups is 1. The highest BCUT2D eigenvalue weighted by molar-refractivity contribution is 5.79. The van der Waals surface area contributed by atoms with E-state index in [4.69, 9.17) is 9.84 Å². The molecule has 25 heavy (non-hydrogen) atoms. The third kappa shape index (κ3) is 5.61. The largest absolute Gasteiger partial charge is 0.484 e. The van der Waals surface area contributed by atoms with Gasteiger partial charge in [0, 0.05) is 12.1 Å². The number of carboxylic acids is 1. The maximum Gasteiger partial charge on any atom is 0.305 e. The summed E-state index contributed by atoms with van der Waals surface area (Å²) in [5.41, 5.74) is 0.160. The Morgan fingerprint density at radius 3 is 2.52 bits per heavy atom. The zero-order chi connectivity index (χ0) is 18.2. The van der Waals surface area contributed by atoms with E-state index in [0.717, 1.165) is 0 Å². The van der Waals surface area contributed by atoms with Crippen molar-refractivity contribution in [2.75, 3.05) is 6.61 Å². The molecule has 0 heterocycles. The number of benzene rings is 2. The number of non-ortho nitro benzene ring substituents is 1. The lowest BCUT2D eigenvalue weighted by Crippen LogP contribution is -2.33. The van der Waals surface area contributed by atoms with Gasteiger partial charge in [0.25, 0.3) is 11.6 Å². The zero-order valence-corrected chi connectivity index (χ0v) is 13.1. The van der Waals surface area contributed by atoms with Crippen LogP contribution >= 0.6 is 0 Å². The first-order valence-corrected chi connectivity index (χ1v) is 7.39. The van der Waals surface area contributed by atoms with E-state index < -0.39 is 29.3 Å². The minimum absolute atomic E-state index is 0.178. The number of rotatable bonds is 8. The van der Waals surface area contributed by atoms with E-state index in [0.29, 0.717) is 11.3 Å². The quantitative estimate of drug-likeness (QED) is 0.560. The Bertz CT molecular complexity index is 763. The Morgan fingerprint density at radius 1 is 1.16 bits per heavy atom. The van der Waals surface area contributed by atoms with E-state index in [-0.39, 0.29) is 12.3 Å². The van der Waals surface area contributed by atoms with Crippen molar-refractivity contribution < 1.29 is 24.4 Å². The fraction of sp³-hybridized carbons (Fsp3) is 0.176. The van der Waals surface area contributed by atoms with Crippen LogP contribution in [0.4, 0.5) is 5.69 Å². The molecule has 0 aromatic heterocycles. The summed E-state index contributed by atoms with van der Waals surface area (Å²) >= 11 is 0. The summed E-state index contributed by atoms with van der Waals surface area (Å²) in [6.07, 6.45) is -0.405. The van der Waals surface area contributed by atoms with Crippen molar-refractivity contribution in [1.82, 2.24) is 5.32 Å². The first kappa shape index (κ1) is 17.9. The van der Waals surface area contributed by atoms with E-state index in [1.54, 1.807) is 30.3 Å². The molecule has 0 saturated carbocycles. The number of amides is 1. The molecule has 0 saturated heterocycles. The second kappa shape index (κ2) is 8.44. The average Bonchev–Trinajstić information content (AvgIpc) is 2.60. The molecule has 1 atom stereocenters. The second-order valence-electron chi connectivity index (χ2n) is 5.17. The first-order valence-electron chi connectivity index (χ1n) is 7.39. The van der Waals surface area contributed by atoms with Crippen LogP contribution in [0.2, 0.25) is 0 Å². The highest BCUT2D eigenvalue weighted by atomic mass is 16.6. The summed E-state index contributed by atoms with van der Waals surface area (Å²) in [6, 6.07) is 13.3. The highest BCUT2D eigenvalue weighted by Crippen LogP contribution is 2.22. The van der Waals surface area contributed by atoms with Crippen LogP contribution in [0.15, 0.2) is 54.6 Å². The van der Waals surface area contributed by atoms with Gasteiger partial charge in [0.15, 0.2) is 6.61 Å². The molecule has 8 nitrogen and oxygen atoms in total. The van der Waals surface area contributed by atoms with Gasteiger partial charge in [-0.25, -0.2) is 0 Å². The van der Waals surface area contributed by atoms with Gasteiger partial charge in [0.05, 0.1) is 17.4 Å². The molecule has 0 aliphatic rings. The number of carbonyl (C=O) groups excluding carboxylic acids is 1. The predicted molar refractivity (Wildman–Crippen MR) is 88.2 cm³/mol. The molecule has 130 valence electrons. The van der Waals surface area contributed by atoms with Gasteiger partial charge in [0.1, 0.15) is 5.75 Å². The number of hydrogen-bond acceptors (Lipinski definition) is 5. The fourth-order valence-electron chi connectivity index (χ4n) is 2.18. The molecule has 0 spiro atoms. The van der Waals surface area contributed by atoms with Crippen molar-refractivity contribution in [2.24, 2.45) is 0 Å². The lowest BCUT2D eigenvalue weighted by atomic mass is 10.0. The third-order valence-corrected chi connectivity index (χ3v) is 3.31. The van der Waals surface area contributed by atoms with Gasteiger partial charge in [0.2, 0.25) is 0 Å². The molecule has 2 aromatic carbocycles. The summed E-state index contributed by atoms with van der Waals surface area (Å²) in [5.74, 6) is -1.16. The van der Waals surface area contributed by atoms with Gasteiger partial charge in [-0.1, -0.05) is 30.3 Å². The van der Waals surface area contributed by atoms with E-state index >= 15 is 0 Å². The van der Waals surface area contributed by atoms with Crippen molar-refractivity contribution in [3.8, 4) is 5.75 Å². The fourth-order valence-corrected chi connectivity index (χ4v) is 2.18. The summed E-state index contributed by atoms with van der Waals surface area (Å²) in [5, 5.41) is 22.4. The molecule has 0 aliphatic carbocycles. The van der Waals surface area contributed by atoms with Gasteiger partial charge in [-0.05, 0) is 17.7 Å². The van der Waals surface area contributed by atoms with Crippen molar-refractivity contribution in [3.05, 3.63) is 70.3 Å². The minimum Gasteiger partial charge on any atom is -0.484 e. The molecule has 0 radical (unpaired) electrons. The van der Waals surface area contributed by atoms with Crippen LogP contribution in [0.3, 0.4) is 0 Å². The lowest BCUT2D eigenvalue weighted by molar-refractivity contribution is -0.384. The standard InChI is InChI=1S/C17H16N2O6/c20-16(11-25-14-7-2-1-3-8-14)18-15(10-17(21)22)12-5-4-6-13(9-12)19(23)24/h1-9,15H,10-11H2,(H,18,20)(H,21,22)/t15-/m1/s1. The molecule has 1 amide bonds. The number of ether oxygens (including phenoxy) is 1. The molecule has 8 heteroatoms. The molecule has 0 unspecified atom stereocenters. The van der Waals surface area contributed by atoms with Crippen molar-refractivity contribution in [1.29, 1.82) is 0 Å². The van der Waals surface area contributed by atoms with Gasteiger partial charge >= 0.3 is 5.97 Å². The Morgan fingerprint density at radius 2 is 1.88 bits per heavy atom. The maximum atomic E-state index is 12.0. The zero-order valence-electron chi connectivity index (χ0n) is 13.1. The van der Waals surface area contributed by atoms with E-state index in [1.807, 2.05) is 0 Å². The van der Waals surface area contributed by atoms with Crippen LogP contribution < -0.4 is 10.1 Å². The molecular formula is C17H16N2O6. The summed E-state index contributed by atoms with van der Waals surface area (Å²) < 4.78 is 5.30. The minimum atomic E-state index is -1.14. The highest BCUT2D eigenvalue weighted by Gasteiger charge is 2.20. The van der Waals surface area contributed by atoms with Gasteiger partial charge < -0.3 is 15.2 Å². The number of para-hydroxylation sites is 1. The second-order valence-corrected chi connectivity index (χ2v) is 5.17. The molecule has 2 rings (SSSR count). The number of nitro benzene ring substituents is 1. The smallest absolute Gasteiger partial charge is 0.305 e. The maximum absolute atomic E-state index is 12.0. The summed E-state index contributed by atoms with van der Waals surface area (Å²) in [6.45, 7) is -0.297. The van der Waals surface area contributed by atoms with Crippen LogP contribution in [-0.2, 0) is 9.59 Å². The number of nitrogens with one attached hydrogen (secondary N) is 1. The molecule has 2 aromatic rings. The SMILES string of the molecule is O=C(O)C[C@@H](NC(=O)COc1ccccc1)c1cccc([N+](=O)[O-])c1. The Hall–Kier alpha value is -3.42. The Labute approximate surface area is 143 Å².